The van der Waals surface area contributed by atoms with Gasteiger partial charge in [0.25, 0.3) is 0 Å². The molecule has 4 nitrogen and oxygen atoms in total. The Morgan fingerprint density at radius 2 is 2.00 bits per heavy atom. The molecule has 2 aromatic heterocycles. The van der Waals surface area contributed by atoms with E-state index < -0.39 is 11.7 Å². The molecule has 0 amide bonds. The number of aryl methyl sites for hydroxylation is 1. The van der Waals surface area contributed by atoms with Crippen LogP contribution in [-0.2, 0) is 13.2 Å². The zero-order valence-corrected chi connectivity index (χ0v) is 9.78. The first-order valence-corrected chi connectivity index (χ1v) is 5.17. The first kappa shape index (κ1) is 12.4. The van der Waals surface area contributed by atoms with Crippen LogP contribution in [0.2, 0.25) is 0 Å². The van der Waals surface area contributed by atoms with Crippen molar-refractivity contribution < 1.29 is 13.2 Å². The third-order valence-electron chi connectivity index (χ3n) is 2.49. The molecule has 0 aliphatic rings. The number of halogens is 3. The number of alkyl halides is 3. The second kappa shape index (κ2) is 4.32. The number of aromatic nitrogens is 3. The van der Waals surface area contributed by atoms with Gasteiger partial charge in [0.1, 0.15) is 5.82 Å². The van der Waals surface area contributed by atoms with Gasteiger partial charge in [0.05, 0.1) is 17.0 Å². The Morgan fingerprint density at radius 3 is 2.50 bits per heavy atom. The van der Waals surface area contributed by atoms with Crippen molar-refractivity contribution in [3.05, 3.63) is 30.0 Å². The molecule has 2 aromatic rings. The lowest BCUT2D eigenvalue weighted by molar-refractivity contribution is -0.137. The van der Waals surface area contributed by atoms with Gasteiger partial charge < -0.3 is 5.32 Å². The van der Waals surface area contributed by atoms with E-state index in [-0.39, 0.29) is 11.5 Å². The first-order chi connectivity index (χ1) is 8.41. The van der Waals surface area contributed by atoms with Crippen LogP contribution in [0.3, 0.4) is 0 Å². The highest BCUT2D eigenvalue weighted by Crippen LogP contribution is 2.33. The van der Waals surface area contributed by atoms with Gasteiger partial charge in [-0.25, -0.2) is 4.98 Å². The summed E-state index contributed by atoms with van der Waals surface area (Å²) in [4.78, 5) is 4.10. The van der Waals surface area contributed by atoms with Gasteiger partial charge in [0.2, 0.25) is 0 Å². The summed E-state index contributed by atoms with van der Waals surface area (Å²) in [6.45, 7) is 0. The molecule has 0 aliphatic heterocycles. The van der Waals surface area contributed by atoms with Gasteiger partial charge in [-0.2, -0.15) is 18.3 Å². The van der Waals surface area contributed by atoms with E-state index in [2.05, 4.69) is 15.4 Å². The number of nitrogens with one attached hydrogen (secondary N) is 1. The zero-order chi connectivity index (χ0) is 13.3. The van der Waals surface area contributed by atoms with Gasteiger partial charge in [-0.15, -0.1) is 0 Å². The normalized spacial score (nSPS) is 11.6. The standard InChI is InChI=1S/C11H11F3N4/c1-15-10-6-7(11(12,13)14)5-8(17-10)9-3-4-16-18(9)2/h3-6H,1-2H3,(H,15,17). The van der Waals surface area contributed by atoms with Crippen molar-refractivity contribution in [1.82, 2.24) is 14.8 Å². The van der Waals surface area contributed by atoms with Crippen LogP contribution in [0.4, 0.5) is 19.0 Å². The molecule has 7 heteroatoms. The minimum Gasteiger partial charge on any atom is -0.373 e. The highest BCUT2D eigenvalue weighted by atomic mass is 19.4. The summed E-state index contributed by atoms with van der Waals surface area (Å²) in [7, 11) is 3.17. The lowest BCUT2D eigenvalue weighted by Gasteiger charge is -2.11. The lowest BCUT2D eigenvalue weighted by atomic mass is 10.2. The number of nitrogens with zero attached hydrogens (tertiary/aromatic N) is 3. The Kier molecular flexibility index (Phi) is 2.98. The van der Waals surface area contributed by atoms with Gasteiger partial charge in [0.15, 0.2) is 0 Å². The molecule has 0 aliphatic carbocycles. The molecule has 0 bridgehead atoms. The number of hydrogen-bond donors (Lipinski definition) is 1. The minimum absolute atomic E-state index is 0.168. The SMILES string of the molecule is CNc1cc(C(F)(F)F)cc(-c2ccnn2C)n1. The topological polar surface area (TPSA) is 42.7 Å². The maximum Gasteiger partial charge on any atom is 0.416 e. The fourth-order valence-corrected chi connectivity index (χ4v) is 1.58. The molecular weight excluding hydrogens is 245 g/mol. The predicted octanol–water partition coefficient (Wildman–Crippen LogP) is 2.54. The third-order valence-corrected chi connectivity index (χ3v) is 2.49. The average Bonchev–Trinajstić information content (AvgIpc) is 2.73. The first-order valence-electron chi connectivity index (χ1n) is 5.17. The molecule has 0 spiro atoms. The van der Waals surface area contributed by atoms with E-state index >= 15 is 0 Å². The number of anilines is 1. The van der Waals surface area contributed by atoms with Crippen LogP contribution in [0, 0.1) is 0 Å². The van der Waals surface area contributed by atoms with Crippen molar-refractivity contribution in [1.29, 1.82) is 0 Å². The predicted molar refractivity (Wildman–Crippen MR) is 61.0 cm³/mol. The largest absolute Gasteiger partial charge is 0.416 e. The Labute approximate surface area is 101 Å². The molecule has 0 unspecified atom stereocenters. The van der Waals surface area contributed by atoms with E-state index in [4.69, 9.17) is 0 Å². The molecule has 0 saturated heterocycles. The van der Waals surface area contributed by atoms with Crippen LogP contribution in [0.15, 0.2) is 24.4 Å². The van der Waals surface area contributed by atoms with Crippen molar-refractivity contribution in [3.63, 3.8) is 0 Å². The van der Waals surface area contributed by atoms with Gasteiger partial charge in [-0.1, -0.05) is 0 Å². The summed E-state index contributed by atoms with van der Waals surface area (Å²) in [6.07, 6.45) is -2.89. The Hall–Kier alpha value is -2.05. The highest BCUT2D eigenvalue weighted by molar-refractivity contribution is 5.59. The molecule has 0 radical (unpaired) electrons. The van der Waals surface area contributed by atoms with Crippen LogP contribution in [0.5, 0.6) is 0 Å². The summed E-state index contributed by atoms with van der Waals surface area (Å²) in [5.41, 5.74) is 0.0184. The summed E-state index contributed by atoms with van der Waals surface area (Å²) in [6, 6.07) is 3.60. The van der Waals surface area contributed by atoms with Crippen molar-refractivity contribution in [2.24, 2.45) is 7.05 Å². The molecule has 0 saturated carbocycles. The van der Waals surface area contributed by atoms with Crippen LogP contribution in [-0.4, -0.2) is 21.8 Å². The minimum atomic E-state index is -4.40. The molecule has 2 heterocycles. The fraction of sp³-hybridized carbons (Fsp3) is 0.273. The summed E-state index contributed by atoms with van der Waals surface area (Å²) < 4.78 is 39.7. The highest BCUT2D eigenvalue weighted by Gasteiger charge is 2.31. The van der Waals surface area contributed by atoms with Crippen molar-refractivity contribution >= 4 is 5.82 Å². The van der Waals surface area contributed by atoms with Gasteiger partial charge in [-0.3, -0.25) is 4.68 Å². The van der Waals surface area contributed by atoms with Gasteiger partial charge in [0, 0.05) is 20.3 Å². The summed E-state index contributed by atoms with van der Waals surface area (Å²) in [5.74, 6) is 0.168. The fourth-order valence-electron chi connectivity index (χ4n) is 1.58. The van der Waals surface area contributed by atoms with E-state index in [1.54, 1.807) is 13.1 Å². The van der Waals surface area contributed by atoms with Gasteiger partial charge in [-0.05, 0) is 18.2 Å². The Morgan fingerprint density at radius 1 is 1.28 bits per heavy atom. The average molecular weight is 256 g/mol. The maximum absolute atomic E-state index is 12.7. The van der Waals surface area contributed by atoms with Crippen LogP contribution in [0.25, 0.3) is 11.4 Å². The Balaban J connectivity index is 2.58. The van der Waals surface area contributed by atoms with E-state index in [0.29, 0.717) is 5.69 Å². The number of hydrogen-bond acceptors (Lipinski definition) is 3. The van der Waals surface area contributed by atoms with E-state index in [0.717, 1.165) is 12.1 Å². The molecule has 0 fully saturated rings. The molecule has 96 valence electrons. The van der Waals surface area contributed by atoms with Gasteiger partial charge >= 0.3 is 6.18 Å². The molecule has 0 atom stereocenters. The third kappa shape index (κ3) is 2.29. The molecule has 2 rings (SSSR count). The second-order valence-corrected chi connectivity index (χ2v) is 3.71. The quantitative estimate of drug-likeness (QED) is 0.897. The molecule has 1 N–H and O–H groups in total. The number of pyridine rings is 1. The van der Waals surface area contributed by atoms with E-state index in [9.17, 15) is 13.2 Å². The molecule has 0 aromatic carbocycles. The Bertz CT molecular complexity index is 560. The smallest absolute Gasteiger partial charge is 0.373 e. The van der Waals surface area contributed by atoms with Crippen LogP contribution in [0.1, 0.15) is 5.56 Å². The lowest BCUT2D eigenvalue weighted by Crippen LogP contribution is -2.08. The van der Waals surface area contributed by atoms with Crippen molar-refractivity contribution in [2.45, 2.75) is 6.18 Å². The zero-order valence-electron chi connectivity index (χ0n) is 9.78. The van der Waals surface area contributed by atoms with Crippen molar-refractivity contribution in [3.8, 4) is 11.4 Å². The van der Waals surface area contributed by atoms with Crippen LogP contribution < -0.4 is 5.32 Å². The second-order valence-electron chi connectivity index (χ2n) is 3.71. The van der Waals surface area contributed by atoms with E-state index in [1.807, 2.05) is 0 Å². The number of rotatable bonds is 2. The van der Waals surface area contributed by atoms with E-state index in [1.165, 1.54) is 17.9 Å². The molecule has 18 heavy (non-hydrogen) atoms. The monoisotopic (exact) mass is 256 g/mol. The van der Waals surface area contributed by atoms with Crippen molar-refractivity contribution in [2.75, 3.05) is 12.4 Å². The molecular formula is C11H11F3N4. The van der Waals surface area contributed by atoms with Crippen LogP contribution >= 0.6 is 0 Å². The summed E-state index contributed by atoms with van der Waals surface area (Å²) in [5, 5.41) is 6.54. The maximum atomic E-state index is 12.7. The summed E-state index contributed by atoms with van der Waals surface area (Å²) >= 11 is 0.